The van der Waals surface area contributed by atoms with Crippen LogP contribution in [0.2, 0.25) is 0 Å². The second kappa shape index (κ2) is 6.52. The second-order valence-electron chi connectivity index (χ2n) is 6.31. The van der Waals surface area contributed by atoms with E-state index in [1.807, 2.05) is 30.3 Å². The Bertz CT molecular complexity index is 589. The van der Waals surface area contributed by atoms with Crippen molar-refractivity contribution in [2.45, 2.75) is 45.3 Å². The van der Waals surface area contributed by atoms with Crippen LogP contribution in [0.25, 0.3) is 0 Å². The molecule has 5 heteroatoms. The summed E-state index contributed by atoms with van der Waals surface area (Å²) >= 11 is 0. The quantitative estimate of drug-likeness (QED) is 0.632. The molecular weight excluding hydrogens is 294 g/mol. The minimum atomic E-state index is -0.857. The Kier molecular flexibility index (Phi) is 4.46. The van der Waals surface area contributed by atoms with E-state index in [0.717, 1.165) is 36.1 Å². The van der Waals surface area contributed by atoms with E-state index in [1.165, 1.54) is 0 Å². The van der Waals surface area contributed by atoms with Crippen LogP contribution in [0.15, 0.2) is 30.3 Å². The average molecular weight is 315 g/mol. The largest absolute Gasteiger partial charge is 0.459 e. The molecule has 3 unspecified atom stereocenters. The molecule has 0 radical (unpaired) electrons. The van der Waals surface area contributed by atoms with Crippen molar-refractivity contribution in [1.29, 1.82) is 0 Å². The number of rotatable bonds is 4. The van der Waals surface area contributed by atoms with E-state index in [1.54, 1.807) is 6.92 Å². The zero-order chi connectivity index (χ0) is 16.4. The number of esters is 1. The third-order valence-corrected chi connectivity index (χ3v) is 4.83. The van der Waals surface area contributed by atoms with Gasteiger partial charge in [-0.05, 0) is 25.3 Å². The molecule has 0 N–H and O–H groups in total. The number of ether oxygens (including phenoxy) is 1. The highest BCUT2D eigenvalue weighted by molar-refractivity contribution is 6.07. The van der Waals surface area contributed by atoms with Crippen molar-refractivity contribution in [3.8, 4) is 0 Å². The van der Waals surface area contributed by atoms with E-state index in [9.17, 15) is 14.4 Å². The lowest BCUT2D eigenvalue weighted by Crippen LogP contribution is -2.44. The first-order valence-corrected chi connectivity index (χ1v) is 8.17. The number of carbonyl (C=O) groups is 3. The zero-order valence-electron chi connectivity index (χ0n) is 13.2. The van der Waals surface area contributed by atoms with E-state index in [2.05, 4.69) is 0 Å². The predicted molar refractivity (Wildman–Crippen MR) is 83.0 cm³/mol. The topological polar surface area (TPSA) is 63.7 Å². The lowest BCUT2D eigenvalue weighted by molar-refractivity contribution is -0.159. The third-order valence-electron chi connectivity index (χ3n) is 4.83. The molecule has 0 aromatic heterocycles. The van der Waals surface area contributed by atoms with Gasteiger partial charge in [-0.15, -0.1) is 0 Å². The fourth-order valence-electron chi connectivity index (χ4n) is 3.52. The number of fused-ring (bicyclic) bond motifs is 1. The first-order valence-electron chi connectivity index (χ1n) is 8.17. The summed E-state index contributed by atoms with van der Waals surface area (Å²) in [7, 11) is 0. The fraction of sp³-hybridized carbons (Fsp3) is 0.500. The number of imide groups is 1. The Labute approximate surface area is 135 Å². The van der Waals surface area contributed by atoms with E-state index >= 15 is 0 Å². The summed E-state index contributed by atoms with van der Waals surface area (Å²) in [5, 5.41) is 0. The second-order valence-corrected chi connectivity index (χ2v) is 6.31. The maximum absolute atomic E-state index is 12.5. The van der Waals surface area contributed by atoms with Crippen molar-refractivity contribution in [2.24, 2.45) is 11.8 Å². The molecule has 122 valence electrons. The zero-order valence-corrected chi connectivity index (χ0v) is 13.2. The molecule has 0 spiro atoms. The summed E-state index contributed by atoms with van der Waals surface area (Å²) in [5.41, 5.74) is 0.876. The van der Waals surface area contributed by atoms with Crippen molar-refractivity contribution in [3.63, 3.8) is 0 Å². The van der Waals surface area contributed by atoms with E-state index < -0.39 is 12.0 Å². The van der Waals surface area contributed by atoms with Crippen LogP contribution >= 0.6 is 0 Å². The lowest BCUT2D eigenvalue weighted by Gasteiger charge is -2.21. The molecule has 3 atom stereocenters. The van der Waals surface area contributed by atoms with E-state index in [-0.39, 0.29) is 30.3 Å². The number of likely N-dealkylation sites (tertiary alicyclic amines) is 1. The van der Waals surface area contributed by atoms with Crippen molar-refractivity contribution in [2.75, 3.05) is 0 Å². The third kappa shape index (κ3) is 3.00. The van der Waals surface area contributed by atoms with Gasteiger partial charge >= 0.3 is 5.97 Å². The maximum atomic E-state index is 12.5. The van der Waals surface area contributed by atoms with Gasteiger partial charge in [0, 0.05) is 0 Å². The van der Waals surface area contributed by atoms with Crippen LogP contribution < -0.4 is 0 Å². The normalized spacial score (nSPS) is 25.2. The van der Waals surface area contributed by atoms with E-state index in [0.29, 0.717) is 0 Å². The minimum Gasteiger partial charge on any atom is -0.459 e. The number of hydrogen-bond acceptors (Lipinski definition) is 4. The van der Waals surface area contributed by atoms with Gasteiger partial charge in [-0.3, -0.25) is 14.5 Å². The maximum Gasteiger partial charge on any atom is 0.329 e. The Morgan fingerprint density at radius 1 is 1.13 bits per heavy atom. The average Bonchev–Trinajstić information content (AvgIpc) is 2.84. The summed E-state index contributed by atoms with van der Waals surface area (Å²) in [5.74, 6) is -1.41. The number of hydrogen-bond donors (Lipinski definition) is 0. The van der Waals surface area contributed by atoms with Crippen LogP contribution in [0.1, 0.15) is 38.2 Å². The molecule has 3 rings (SSSR count). The highest BCUT2D eigenvalue weighted by Crippen LogP contribution is 2.38. The number of carbonyl (C=O) groups excluding carboxylic acids is 3. The predicted octanol–water partition coefficient (Wildman–Crippen LogP) is 2.29. The molecule has 2 fully saturated rings. The minimum absolute atomic E-state index is 0.146. The monoisotopic (exact) mass is 315 g/mol. The summed E-state index contributed by atoms with van der Waals surface area (Å²) in [6, 6.07) is 8.48. The Hall–Kier alpha value is -2.17. The molecule has 0 bridgehead atoms. The molecule has 2 aliphatic rings. The number of nitrogens with zero attached hydrogens (tertiary/aromatic N) is 1. The highest BCUT2D eigenvalue weighted by Gasteiger charge is 2.51. The van der Waals surface area contributed by atoms with Crippen molar-refractivity contribution < 1.29 is 19.1 Å². The number of benzene rings is 1. The summed E-state index contributed by atoms with van der Waals surface area (Å²) < 4.78 is 5.27. The Morgan fingerprint density at radius 2 is 1.70 bits per heavy atom. The van der Waals surface area contributed by atoms with E-state index in [4.69, 9.17) is 4.74 Å². The van der Waals surface area contributed by atoms with Gasteiger partial charge in [-0.25, -0.2) is 4.79 Å². The summed E-state index contributed by atoms with van der Waals surface area (Å²) in [6.07, 6.45) is 3.44. The number of amides is 2. The van der Waals surface area contributed by atoms with Crippen LogP contribution in [0, 0.1) is 11.8 Å². The molecule has 1 aromatic rings. The molecule has 5 nitrogen and oxygen atoms in total. The Morgan fingerprint density at radius 3 is 2.26 bits per heavy atom. The van der Waals surface area contributed by atoms with Crippen LogP contribution in [0.5, 0.6) is 0 Å². The first-order chi connectivity index (χ1) is 11.1. The molecule has 1 aromatic carbocycles. The van der Waals surface area contributed by atoms with Gasteiger partial charge in [0.25, 0.3) is 0 Å². The summed E-state index contributed by atoms with van der Waals surface area (Å²) in [6.45, 7) is 1.72. The molecule has 23 heavy (non-hydrogen) atoms. The molecule has 1 saturated heterocycles. The van der Waals surface area contributed by atoms with Gasteiger partial charge in [0.15, 0.2) is 0 Å². The van der Waals surface area contributed by atoms with Crippen molar-refractivity contribution in [3.05, 3.63) is 35.9 Å². The smallest absolute Gasteiger partial charge is 0.329 e. The molecule has 1 aliphatic heterocycles. The van der Waals surface area contributed by atoms with Gasteiger partial charge in [0.1, 0.15) is 12.6 Å². The van der Waals surface area contributed by atoms with Crippen LogP contribution in [-0.2, 0) is 25.7 Å². The van der Waals surface area contributed by atoms with Crippen LogP contribution in [-0.4, -0.2) is 28.7 Å². The van der Waals surface area contributed by atoms with Crippen molar-refractivity contribution in [1.82, 2.24) is 4.90 Å². The SMILES string of the molecule is CC(C(=O)OCc1ccccc1)N1C(=O)C2CCCCC2C1=O. The molecule has 1 saturated carbocycles. The molecule has 1 heterocycles. The highest BCUT2D eigenvalue weighted by atomic mass is 16.5. The summed E-state index contributed by atoms with van der Waals surface area (Å²) in [4.78, 5) is 38.3. The van der Waals surface area contributed by atoms with Crippen LogP contribution in [0.4, 0.5) is 0 Å². The van der Waals surface area contributed by atoms with Gasteiger partial charge in [0.2, 0.25) is 11.8 Å². The van der Waals surface area contributed by atoms with Gasteiger partial charge in [-0.2, -0.15) is 0 Å². The molecule has 2 amide bonds. The van der Waals surface area contributed by atoms with Gasteiger partial charge < -0.3 is 4.74 Å². The Balaban J connectivity index is 1.65. The van der Waals surface area contributed by atoms with Gasteiger partial charge in [-0.1, -0.05) is 43.2 Å². The first kappa shape index (κ1) is 15.7. The van der Waals surface area contributed by atoms with Crippen LogP contribution in [0.3, 0.4) is 0 Å². The fourth-order valence-corrected chi connectivity index (χ4v) is 3.52. The van der Waals surface area contributed by atoms with Gasteiger partial charge in [0.05, 0.1) is 11.8 Å². The molecular formula is C18H21NO4. The van der Waals surface area contributed by atoms with Crippen molar-refractivity contribution >= 4 is 17.8 Å². The standard InChI is InChI=1S/C18H21NO4/c1-12(18(22)23-11-13-7-3-2-4-8-13)19-16(20)14-9-5-6-10-15(14)17(19)21/h2-4,7-8,12,14-15H,5-6,9-11H2,1H3. The molecule has 1 aliphatic carbocycles. The lowest BCUT2D eigenvalue weighted by atomic mass is 9.81.